The number of esters is 3. The first-order valence-electron chi connectivity index (χ1n) is 23.6. The number of hydrogen-bond acceptors (Lipinski definition) is 6. The van der Waals surface area contributed by atoms with Crippen LogP contribution in [0.1, 0.15) is 253 Å². The van der Waals surface area contributed by atoms with Crippen molar-refractivity contribution in [3.05, 3.63) is 0 Å². The topological polar surface area (TPSA) is 78.9 Å². The second-order valence-electron chi connectivity index (χ2n) is 17.8. The van der Waals surface area contributed by atoms with Gasteiger partial charge in [-0.2, -0.15) is 0 Å². The molecule has 0 saturated carbocycles. The van der Waals surface area contributed by atoms with Crippen molar-refractivity contribution >= 4 is 17.9 Å². The van der Waals surface area contributed by atoms with Gasteiger partial charge in [0.1, 0.15) is 13.2 Å². The van der Waals surface area contributed by atoms with Gasteiger partial charge in [0.2, 0.25) is 0 Å². The summed E-state index contributed by atoms with van der Waals surface area (Å²) >= 11 is 0. The Kier molecular flexibility index (Phi) is 38.5. The van der Waals surface area contributed by atoms with Crippen molar-refractivity contribution in [2.75, 3.05) is 13.2 Å². The van der Waals surface area contributed by atoms with E-state index in [1.54, 1.807) is 0 Å². The molecule has 0 fully saturated rings. The van der Waals surface area contributed by atoms with Crippen molar-refractivity contribution in [2.24, 2.45) is 17.8 Å². The highest BCUT2D eigenvalue weighted by Gasteiger charge is 2.19. The fourth-order valence-corrected chi connectivity index (χ4v) is 7.06. The summed E-state index contributed by atoms with van der Waals surface area (Å²) in [7, 11) is 0. The highest BCUT2D eigenvalue weighted by molar-refractivity contribution is 5.71. The molecule has 0 aromatic rings. The van der Waals surface area contributed by atoms with Crippen molar-refractivity contribution < 1.29 is 28.6 Å². The third kappa shape index (κ3) is 41.6. The van der Waals surface area contributed by atoms with Gasteiger partial charge < -0.3 is 14.2 Å². The molecule has 6 nitrogen and oxygen atoms in total. The lowest BCUT2D eigenvalue weighted by molar-refractivity contribution is -0.167. The Morgan fingerprint density at radius 1 is 0.315 bits per heavy atom. The van der Waals surface area contributed by atoms with Gasteiger partial charge in [0.25, 0.3) is 0 Å². The van der Waals surface area contributed by atoms with Crippen LogP contribution in [0.3, 0.4) is 0 Å². The molecule has 0 aromatic heterocycles. The minimum absolute atomic E-state index is 0.0671. The molecule has 0 aliphatic rings. The van der Waals surface area contributed by atoms with E-state index in [1.165, 1.54) is 135 Å². The molecular weight excluding hydrogens is 673 g/mol. The van der Waals surface area contributed by atoms with Crippen LogP contribution in [-0.2, 0) is 28.6 Å². The highest BCUT2D eigenvalue weighted by atomic mass is 16.6. The second kappa shape index (κ2) is 39.6. The molecule has 0 unspecified atom stereocenters. The maximum absolute atomic E-state index is 12.7. The van der Waals surface area contributed by atoms with Crippen LogP contribution in [0.5, 0.6) is 0 Å². The zero-order chi connectivity index (χ0) is 39.9. The lowest BCUT2D eigenvalue weighted by Crippen LogP contribution is -2.30. The predicted molar refractivity (Wildman–Crippen MR) is 229 cm³/mol. The molecule has 0 aromatic carbocycles. The van der Waals surface area contributed by atoms with Crippen LogP contribution in [-0.4, -0.2) is 37.2 Å². The molecule has 0 N–H and O–H groups in total. The third-order valence-corrected chi connectivity index (χ3v) is 10.6. The van der Waals surface area contributed by atoms with E-state index < -0.39 is 6.10 Å². The summed E-state index contributed by atoms with van der Waals surface area (Å²) < 4.78 is 16.7. The van der Waals surface area contributed by atoms with Gasteiger partial charge in [-0.15, -0.1) is 0 Å². The van der Waals surface area contributed by atoms with E-state index >= 15 is 0 Å². The Hall–Kier alpha value is -1.59. The van der Waals surface area contributed by atoms with Gasteiger partial charge in [-0.05, 0) is 37.0 Å². The number of ether oxygens (including phenoxy) is 3. The number of unbranched alkanes of at least 4 members (excludes halogenated alkanes) is 24. The smallest absolute Gasteiger partial charge is 0.306 e. The SMILES string of the molecule is CC(C)CCCCCCCCCCCCCCCCC(=O)O[C@H](COC(=O)CCCCCCCCCC(C)C)COC(=O)CCCCCCCCC(C)C. The summed E-state index contributed by atoms with van der Waals surface area (Å²) in [5, 5.41) is 0. The standard InChI is InChI=1S/C48H92O6/c1-42(2)34-28-22-16-13-11-9-7-8-10-12-14-18-27-33-39-48(51)54-45(41-53-47(50)38-32-26-21-20-24-30-36-44(5)6)40-52-46(49)37-31-25-19-15-17-23-29-35-43(3)4/h42-45H,7-41H2,1-6H3/t45-/m1/s1. The van der Waals surface area contributed by atoms with Gasteiger partial charge >= 0.3 is 17.9 Å². The molecule has 320 valence electrons. The summed E-state index contributed by atoms with van der Waals surface area (Å²) in [4.78, 5) is 37.7. The van der Waals surface area contributed by atoms with Crippen LogP contribution >= 0.6 is 0 Å². The van der Waals surface area contributed by atoms with Crippen LogP contribution in [0.15, 0.2) is 0 Å². The molecule has 0 rings (SSSR count). The first kappa shape index (κ1) is 52.4. The second-order valence-corrected chi connectivity index (χ2v) is 17.8. The number of hydrogen-bond donors (Lipinski definition) is 0. The number of rotatable bonds is 41. The van der Waals surface area contributed by atoms with Gasteiger partial charge in [-0.25, -0.2) is 0 Å². The molecule has 1 atom stereocenters. The molecule has 0 spiro atoms. The average molecular weight is 765 g/mol. The fourth-order valence-electron chi connectivity index (χ4n) is 7.06. The highest BCUT2D eigenvalue weighted by Crippen LogP contribution is 2.17. The van der Waals surface area contributed by atoms with E-state index in [4.69, 9.17) is 14.2 Å². The average Bonchev–Trinajstić information content (AvgIpc) is 3.12. The van der Waals surface area contributed by atoms with Gasteiger partial charge in [0.15, 0.2) is 6.10 Å². The summed E-state index contributed by atoms with van der Waals surface area (Å²) in [6, 6.07) is 0. The third-order valence-electron chi connectivity index (χ3n) is 10.6. The molecule has 0 amide bonds. The Balaban J connectivity index is 4.28. The minimum Gasteiger partial charge on any atom is -0.462 e. The Labute approximate surface area is 336 Å². The quantitative estimate of drug-likeness (QED) is 0.0350. The lowest BCUT2D eigenvalue weighted by atomic mass is 10.0. The molecule has 0 bridgehead atoms. The monoisotopic (exact) mass is 765 g/mol. The first-order chi connectivity index (χ1) is 26.1. The van der Waals surface area contributed by atoms with Crippen LogP contribution in [0.4, 0.5) is 0 Å². The van der Waals surface area contributed by atoms with E-state index in [0.717, 1.165) is 75.5 Å². The first-order valence-corrected chi connectivity index (χ1v) is 23.6. The fraction of sp³-hybridized carbons (Fsp3) is 0.938. The van der Waals surface area contributed by atoms with Crippen molar-refractivity contribution in [3.63, 3.8) is 0 Å². The van der Waals surface area contributed by atoms with Crippen molar-refractivity contribution in [1.29, 1.82) is 0 Å². The number of carbonyl (C=O) groups is 3. The van der Waals surface area contributed by atoms with Gasteiger partial charge in [-0.1, -0.05) is 215 Å². The molecular formula is C48H92O6. The Morgan fingerprint density at radius 3 is 0.796 bits per heavy atom. The van der Waals surface area contributed by atoms with E-state index in [0.29, 0.717) is 19.3 Å². The van der Waals surface area contributed by atoms with Crippen LogP contribution in [0.2, 0.25) is 0 Å². The maximum atomic E-state index is 12.7. The van der Waals surface area contributed by atoms with E-state index in [1.807, 2.05) is 0 Å². The molecule has 0 heterocycles. The Bertz CT molecular complexity index is 837. The van der Waals surface area contributed by atoms with E-state index in [9.17, 15) is 14.4 Å². The van der Waals surface area contributed by atoms with Crippen molar-refractivity contribution in [1.82, 2.24) is 0 Å². The summed E-state index contributed by atoms with van der Waals surface area (Å²) in [6.07, 6.45) is 36.8. The summed E-state index contributed by atoms with van der Waals surface area (Å²) in [5.41, 5.74) is 0. The molecule has 0 aliphatic heterocycles. The Morgan fingerprint density at radius 2 is 0.537 bits per heavy atom. The summed E-state index contributed by atoms with van der Waals surface area (Å²) in [6.45, 7) is 13.6. The van der Waals surface area contributed by atoms with Gasteiger partial charge in [0.05, 0.1) is 0 Å². The predicted octanol–water partition coefficient (Wildman–Crippen LogP) is 14.8. The van der Waals surface area contributed by atoms with Crippen LogP contribution < -0.4 is 0 Å². The number of carbonyl (C=O) groups excluding carboxylic acids is 3. The maximum Gasteiger partial charge on any atom is 0.306 e. The van der Waals surface area contributed by atoms with Gasteiger partial charge in [-0.3, -0.25) is 14.4 Å². The zero-order valence-electron chi connectivity index (χ0n) is 37.0. The van der Waals surface area contributed by atoms with Gasteiger partial charge in [0, 0.05) is 19.3 Å². The zero-order valence-corrected chi connectivity index (χ0v) is 37.0. The van der Waals surface area contributed by atoms with E-state index in [-0.39, 0.29) is 31.1 Å². The van der Waals surface area contributed by atoms with E-state index in [2.05, 4.69) is 41.5 Å². The summed E-state index contributed by atoms with van der Waals surface area (Å²) in [5.74, 6) is 1.52. The molecule has 0 radical (unpaired) electrons. The van der Waals surface area contributed by atoms with Crippen molar-refractivity contribution in [3.8, 4) is 0 Å². The normalized spacial score (nSPS) is 12.2. The van der Waals surface area contributed by atoms with Crippen molar-refractivity contribution in [2.45, 2.75) is 260 Å². The lowest BCUT2D eigenvalue weighted by Gasteiger charge is -2.18. The molecule has 54 heavy (non-hydrogen) atoms. The van der Waals surface area contributed by atoms with Crippen LogP contribution in [0, 0.1) is 17.8 Å². The van der Waals surface area contributed by atoms with Crippen LogP contribution in [0.25, 0.3) is 0 Å². The largest absolute Gasteiger partial charge is 0.462 e. The molecule has 6 heteroatoms. The molecule has 0 saturated heterocycles. The molecule has 0 aliphatic carbocycles. The minimum atomic E-state index is -0.762.